The lowest BCUT2D eigenvalue weighted by molar-refractivity contribution is 1.08. The summed E-state index contributed by atoms with van der Waals surface area (Å²) in [7, 11) is 0. The molecule has 0 aromatic heterocycles. The highest BCUT2D eigenvalue weighted by Crippen LogP contribution is 2.28. The number of rotatable bonds is 5. The minimum absolute atomic E-state index is 1.10. The third-order valence-electron chi connectivity index (χ3n) is 4.14. The van der Waals surface area contributed by atoms with Crippen molar-refractivity contribution in [2.24, 2.45) is 0 Å². The van der Waals surface area contributed by atoms with E-state index in [4.69, 9.17) is 0 Å². The van der Waals surface area contributed by atoms with Crippen LogP contribution in [0.3, 0.4) is 0 Å². The van der Waals surface area contributed by atoms with E-state index in [1.165, 1.54) is 33.4 Å². The van der Waals surface area contributed by atoms with Crippen LogP contribution in [0.25, 0.3) is 11.1 Å². The summed E-state index contributed by atoms with van der Waals surface area (Å²) in [5, 5.41) is 0. The Morgan fingerprint density at radius 1 is 0.600 bits per heavy atom. The van der Waals surface area contributed by atoms with E-state index in [1.54, 1.807) is 0 Å². The molecule has 20 heavy (non-hydrogen) atoms. The zero-order valence-electron chi connectivity index (χ0n) is 13.3. The Morgan fingerprint density at radius 3 is 1.70 bits per heavy atom. The van der Waals surface area contributed by atoms with Crippen LogP contribution in [0.1, 0.15) is 49.9 Å². The number of hydrogen-bond donors (Lipinski definition) is 0. The second-order valence-electron chi connectivity index (χ2n) is 5.44. The fourth-order valence-corrected chi connectivity index (χ4v) is 2.77. The zero-order valence-corrected chi connectivity index (χ0v) is 13.3. The van der Waals surface area contributed by atoms with E-state index in [-0.39, 0.29) is 0 Å². The van der Waals surface area contributed by atoms with Gasteiger partial charge in [0, 0.05) is 0 Å². The Bertz CT molecular complexity index is 556. The summed E-state index contributed by atoms with van der Waals surface area (Å²) in [6.07, 6.45) is 4.42. The molecule has 0 saturated heterocycles. The van der Waals surface area contributed by atoms with E-state index in [0.29, 0.717) is 0 Å². The number of hydrogen-bond acceptors (Lipinski definition) is 0. The van der Waals surface area contributed by atoms with Gasteiger partial charge in [-0.05, 0) is 59.1 Å². The van der Waals surface area contributed by atoms with Crippen molar-refractivity contribution in [3.05, 3.63) is 58.7 Å². The van der Waals surface area contributed by atoms with Crippen LogP contribution < -0.4 is 0 Å². The molecule has 0 aliphatic carbocycles. The smallest absolute Gasteiger partial charge is 0.0152 e. The second kappa shape index (κ2) is 6.74. The van der Waals surface area contributed by atoms with E-state index in [1.807, 2.05) is 0 Å². The second-order valence-corrected chi connectivity index (χ2v) is 5.44. The minimum atomic E-state index is 1.10. The van der Waals surface area contributed by atoms with Crippen molar-refractivity contribution in [1.82, 2.24) is 0 Å². The molecule has 0 radical (unpaired) electrons. The van der Waals surface area contributed by atoms with Gasteiger partial charge in [0.15, 0.2) is 0 Å². The highest BCUT2D eigenvalue weighted by Gasteiger charge is 2.07. The molecule has 0 spiro atoms. The molecule has 0 heterocycles. The molecule has 0 amide bonds. The minimum Gasteiger partial charge on any atom is -0.0613 e. The highest BCUT2D eigenvalue weighted by molar-refractivity contribution is 5.69. The van der Waals surface area contributed by atoms with Crippen molar-refractivity contribution in [2.45, 2.75) is 53.4 Å². The molecule has 2 aromatic carbocycles. The molecule has 0 unspecified atom stereocenters. The fourth-order valence-electron chi connectivity index (χ4n) is 2.77. The van der Waals surface area contributed by atoms with Gasteiger partial charge >= 0.3 is 0 Å². The monoisotopic (exact) mass is 266 g/mol. The summed E-state index contributed by atoms with van der Waals surface area (Å²) in [6, 6.07) is 14.0. The topological polar surface area (TPSA) is 0 Å². The molecule has 0 aliphatic rings. The standard InChI is InChI=1S/C20H26/c1-5-15-9-10-20(18(8-4)12-15)19-13-16(6-2)11-17(7-3)14-19/h9-14H,5-8H2,1-4H3. The lowest BCUT2D eigenvalue weighted by Gasteiger charge is -2.13. The Balaban J connectivity index is 2.55. The van der Waals surface area contributed by atoms with Gasteiger partial charge in [0.05, 0.1) is 0 Å². The lowest BCUT2D eigenvalue weighted by atomic mass is 9.92. The van der Waals surface area contributed by atoms with Crippen LogP contribution in [-0.4, -0.2) is 0 Å². The Labute approximate surface area is 123 Å². The van der Waals surface area contributed by atoms with E-state index >= 15 is 0 Å². The lowest BCUT2D eigenvalue weighted by Crippen LogP contribution is -1.94. The van der Waals surface area contributed by atoms with Gasteiger partial charge in [-0.2, -0.15) is 0 Å². The number of benzene rings is 2. The van der Waals surface area contributed by atoms with E-state index in [2.05, 4.69) is 64.1 Å². The van der Waals surface area contributed by atoms with E-state index in [9.17, 15) is 0 Å². The van der Waals surface area contributed by atoms with Gasteiger partial charge in [-0.3, -0.25) is 0 Å². The van der Waals surface area contributed by atoms with Gasteiger partial charge < -0.3 is 0 Å². The summed E-state index contributed by atoms with van der Waals surface area (Å²) in [4.78, 5) is 0. The first-order chi connectivity index (χ1) is 9.71. The maximum Gasteiger partial charge on any atom is -0.0152 e. The van der Waals surface area contributed by atoms with Crippen molar-refractivity contribution < 1.29 is 0 Å². The molecule has 2 aromatic rings. The highest BCUT2D eigenvalue weighted by atomic mass is 14.1. The van der Waals surface area contributed by atoms with E-state index in [0.717, 1.165) is 25.7 Å². The van der Waals surface area contributed by atoms with Gasteiger partial charge in [-0.1, -0.05) is 64.1 Å². The van der Waals surface area contributed by atoms with Crippen LogP contribution >= 0.6 is 0 Å². The SMILES string of the molecule is CCc1cc(CC)cc(-c2ccc(CC)cc2CC)c1. The van der Waals surface area contributed by atoms with Gasteiger partial charge in [-0.15, -0.1) is 0 Å². The Hall–Kier alpha value is -1.56. The summed E-state index contributed by atoms with van der Waals surface area (Å²) >= 11 is 0. The first-order valence-corrected chi connectivity index (χ1v) is 7.96. The first-order valence-electron chi connectivity index (χ1n) is 7.96. The molecule has 0 bridgehead atoms. The van der Waals surface area contributed by atoms with E-state index < -0.39 is 0 Å². The van der Waals surface area contributed by atoms with Crippen molar-refractivity contribution in [3.63, 3.8) is 0 Å². The van der Waals surface area contributed by atoms with Crippen molar-refractivity contribution in [1.29, 1.82) is 0 Å². The predicted octanol–water partition coefficient (Wildman–Crippen LogP) is 5.60. The first kappa shape index (κ1) is 14.8. The fraction of sp³-hybridized carbons (Fsp3) is 0.400. The van der Waals surface area contributed by atoms with Gasteiger partial charge in [0.1, 0.15) is 0 Å². The summed E-state index contributed by atoms with van der Waals surface area (Å²) in [6.45, 7) is 8.95. The van der Waals surface area contributed by atoms with Crippen LogP contribution in [-0.2, 0) is 25.7 Å². The molecule has 0 heteroatoms. The van der Waals surface area contributed by atoms with Gasteiger partial charge in [-0.25, -0.2) is 0 Å². The predicted molar refractivity (Wildman–Crippen MR) is 89.4 cm³/mol. The van der Waals surface area contributed by atoms with Crippen LogP contribution in [0.2, 0.25) is 0 Å². The average Bonchev–Trinajstić information content (AvgIpc) is 2.53. The Morgan fingerprint density at radius 2 is 1.20 bits per heavy atom. The Kier molecular flexibility index (Phi) is 5.00. The maximum absolute atomic E-state index is 2.37. The van der Waals surface area contributed by atoms with Gasteiger partial charge in [0.2, 0.25) is 0 Å². The van der Waals surface area contributed by atoms with Crippen LogP contribution in [0.5, 0.6) is 0 Å². The largest absolute Gasteiger partial charge is 0.0613 e. The summed E-state index contributed by atoms with van der Waals surface area (Å²) in [5.74, 6) is 0. The molecule has 0 atom stereocenters. The average molecular weight is 266 g/mol. The molecule has 0 N–H and O–H groups in total. The summed E-state index contributed by atoms with van der Waals surface area (Å²) in [5.41, 5.74) is 8.60. The molecule has 0 nitrogen and oxygen atoms in total. The third kappa shape index (κ3) is 3.12. The molecule has 2 rings (SSSR count). The molecule has 106 valence electrons. The van der Waals surface area contributed by atoms with Gasteiger partial charge in [0.25, 0.3) is 0 Å². The normalized spacial score (nSPS) is 10.8. The van der Waals surface area contributed by atoms with Crippen molar-refractivity contribution in [3.8, 4) is 11.1 Å². The molecular formula is C20H26. The van der Waals surface area contributed by atoms with Crippen molar-refractivity contribution >= 4 is 0 Å². The van der Waals surface area contributed by atoms with Crippen molar-refractivity contribution in [2.75, 3.05) is 0 Å². The maximum atomic E-state index is 2.37. The quantitative estimate of drug-likeness (QED) is 0.660. The molecule has 0 saturated carbocycles. The zero-order chi connectivity index (χ0) is 14.5. The van der Waals surface area contributed by atoms with Crippen LogP contribution in [0.4, 0.5) is 0 Å². The van der Waals surface area contributed by atoms with Crippen LogP contribution in [0, 0.1) is 0 Å². The van der Waals surface area contributed by atoms with Crippen LogP contribution in [0.15, 0.2) is 36.4 Å². The molecule has 0 fully saturated rings. The molecule has 0 aliphatic heterocycles. The summed E-state index contributed by atoms with van der Waals surface area (Å²) < 4.78 is 0. The molecular weight excluding hydrogens is 240 g/mol. The third-order valence-corrected chi connectivity index (χ3v) is 4.14. The number of aryl methyl sites for hydroxylation is 4.